The average molecular weight is 371 g/mol. The lowest BCUT2D eigenvalue weighted by atomic mass is 10.0. The summed E-state index contributed by atoms with van der Waals surface area (Å²) in [6, 6.07) is 4.54. The summed E-state index contributed by atoms with van der Waals surface area (Å²) in [6.07, 6.45) is 0.964. The van der Waals surface area contributed by atoms with E-state index in [1.165, 1.54) is 6.07 Å². The molecule has 0 aromatic heterocycles. The second-order valence-corrected chi connectivity index (χ2v) is 6.67. The molecule has 1 aromatic rings. The number of carbonyl (C=O) groups is 1. The number of nitrogens with one attached hydrogen (secondary N) is 2. The molecule has 0 heterocycles. The summed E-state index contributed by atoms with van der Waals surface area (Å²) in [5, 5.41) is 5.50. The minimum absolute atomic E-state index is 0.0439. The van der Waals surface area contributed by atoms with Crippen molar-refractivity contribution in [1.82, 2.24) is 10.2 Å². The Morgan fingerprint density at radius 1 is 1.23 bits per heavy atom. The zero-order valence-electron chi connectivity index (χ0n) is 16.3. The first-order valence-electron chi connectivity index (χ1n) is 9.11. The first-order valence-corrected chi connectivity index (χ1v) is 9.11. The van der Waals surface area contributed by atoms with Crippen LogP contribution in [0.5, 0.6) is 5.75 Å². The van der Waals surface area contributed by atoms with E-state index in [2.05, 4.69) is 48.0 Å². The van der Waals surface area contributed by atoms with Crippen LogP contribution in [0.2, 0.25) is 0 Å². The van der Waals surface area contributed by atoms with Crippen LogP contribution < -0.4 is 15.4 Å². The molecule has 26 heavy (non-hydrogen) atoms. The number of aryl methyl sites for hydroxylation is 1. The first kappa shape index (κ1) is 22.2. The van der Waals surface area contributed by atoms with E-state index in [0.717, 1.165) is 19.5 Å². The molecule has 0 aliphatic rings. The number of anilines is 1. The predicted octanol–water partition coefficient (Wildman–Crippen LogP) is 4.47. The highest BCUT2D eigenvalue weighted by atomic mass is 19.3. The molecular formula is C19H31F2N3O2. The summed E-state index contributed by atoms with van der Waals surface area (Å²) in [5.74, 6) is 0.463. The van der Waals surface area contributed by atoms with Gasteiger partial charge in [0.2, 0.25) is 0 Å². The van der Waals surface area contributed by atoms with E-state index in [1.807, 2.05) is 0 Å². The van der Waals surface area contributed by atoms with E-state index >= 15 is 0 Å². The maximum Gasteiger partial charge on any atom is 0.387 e. The molecule has 2 amide bonds. The SMILES string of the molecule is CCN(CC)C(CNC(=O)Nc1c(C)cccc1OC(F)F)CC(C)C. The van der Waals surface area contributed by atoms with E-state index in [9.17, 15) is 13.6 Å². The maximum absolute atomic E-state index is 12.6. The van der Waals surface area contributed by atoms with Crippen LogP contribution in [-0.2, 0) is 0 Å². The molecule has 0 radical (unpaired) electrons. The lowest BCUT2D eigenvalue weighted by Crippen LogP contribution is -2.45. The van der Waals surface area contributed by atoms with Gasteiger partial charge in [-0.15, -0.1) is 0 Å². The quantitative estimate of drug-likeness (QED) is 0.638. The molecule has 0 fully saturated rings. The molecule has 5 nitrogen and oxygen atoms in total. The molecule has 1 rings (SSSR count). The Morgan fingerprint density at radius 2 is 1.88 bits per heavy atom. The van der Waals surface area contributed by atoms with E-state index in [0.29, 0.717) is 18.0 Å². The predicted molar refractivity (Wildman–Crippen MR) is 101 cm³/mol. The van der Waals surface area contributed by atoms with Gasteiger partial charge in [-0.1, -0.05) is 39.8 Å². The number of hydrogen-bond acceptors (Lipinski definition) is 3. The fourth-order valence-electron chi connectivity index (χ4n) is 3.01. The van der Waals surface area contributed by atoms with E-state index in [-0.39, 0.29) is 17.5 Å². The van der Waals surface area contributed by atoms with Gasteiger partial charge in [0.05, 0.1) is 5.69 Å². The highest BCUT2D eigenvalue weighted by Gasteiger charge is 2.19. The number of amides is 2. The molecule has 0 saturated carbocycles. The smallest absolute Gasteiger partial charge is 0.387 e. The Kier molecular flexibility index (Phi) is 9.34. The highest BCUT2D eigenvalue weighted by Crippen LogP contribution is 2.29. The third-order valence-corrected chi connectivity index (χ3v) is 4.26. The standard InChI is InChI=1S/C19H31F2N3O2/c1-6-24(7-2)15(11-13(3)4)12-22-19(25)23-17-14(5)9-8-10-16(17)26-18(20)21/h8-10,13,15,18H,6-7,11-12H2,1-5H3,(H2,22,23,25). The molecule has 1 unspecified atom stereocenters. The number of rotatable bonds is 10. The van der Waals surface area contributed by atoms with Crippen LogP contribution in [0.15, 0.2) is 18.2 Å². The van der Waals surface area contributed by atoms with E-state index < -0.39 is 12.6 Å². The van der Waals surface area contributed by atoms with Gasteiger partial charge in [-0.2, -0.15) is 8.78 Å². The molecule has 2 N–H and O–H groups in total. The van der Waals surface area contributed by atoms with Crippen molar-refractivity contribution in [3.05, 3.63) is 23.8 Å². The van der Waals surface area contributed by atoms with Crippen molar-refractivity contribution in [3.8, 4) is 5.75 Å². The molecule has 1 atom stereocenters. The number of likely N-dealkylation sites (N-methyl/N-ethyl adjacent to an activating group) is 1. The molecule has 0 bridgehead atoms. The fourth-order valence-corrected chi connectivity index (χ4v) is 3.01. The number of halogens is 2. The van der Waals surface area contributed by atoms with Crippen molar-refractivity contribution in [2.45, 2.75) is 53.7 Å². The summed E-state index contributed by atoms with van der Waals surface area (Å²) in [7, 11) is 0. The van der Waals surface area contributed by atoms with Gasteiger partial charge in [0.1, 0.15) is 5.75 Å². The Bertz CT molecular complexity index is 564. The summed E-state index contributed by atoms with van der Waals surface area (Å²) in [6.45, 7) is 9.57. The summed E-state index contributed by atoms with van der Waals surface area (Å²) >= 11 is 0. The molecule has 1 aromatic carbocycles. The highest BCUT2D eigenvalue weighted by molar-refractivity contribution is 5.91. The zero-order chi connectivity index (χ0) is 19.7. The van der Waals surface area contributed by atoms with Crippen LogP contribution in [-0.4, -0.2) is 43.2 Å². The number of urea groups is 1. The molecule has 0 spiro atoms. The zero-order valence-corrected chi connectivity index (χ0v) is 16.3. The van der Waals surface area contributed by atoms with Gasteiger partial charge in [-0.25, -0.2) is 4.79 Å². The van der Waals surface area contributed by atoms with Crippen molar-refractivity contribution in [2.24, 2.45) is 5.92 Å². The molecular weight excluding hydrogens is 340 g/mol. The Morgan fingerprint density at radius 3 is 2.42 bits per heavy atom. The van der Waals surface area contributed by atoms with Gasteiger partial charge < -0.3 is 15.4 Å². The number of hydrogen-bond donors (Lipinski definition) is 2. The largest absolute Gasteiger partial charge is 0.433 e. The molecule has 7 heteroatoms. The number of alkyl halides is 2. The van der Waals surface area contributed by atoms with Crippen LogP contribution in [0.4, 0.5) is 19.3 Å². The summed E-state index contributed by atoms with van der Waals surface area (Å²) in [4.78, 5) is 14.6. The average Bonchev–Trinajstić information content (AvgIpc) is 2.55. The summed E-state index contributed by atoms with van der Waals surface area (Å²) < 4.78 is 29.6. The monoisotopic (exact) mass is 371 g/mol. The molecule has 0 aliphatic heterocycles. The minimum atomic E-state index is -2.95. The first-order chi connectivity index (χ1) is 12.3. The molecule has 0 saturated heterocycles. The second kappa shape index (κ2) is 11.0. The van der Waals surface area contributed by atoms with Crippen LogP contribution in [0.1, 0.15) is 39.7 Å². The third-order valence-electron chi connectivity index (χ3n) is 4.26. The van der Waals surface area contributed by atoms with Crippen LogP contribution >= 0.6 is 0 Å². The van der Waals surface area contributed by atoms with Gasteiger partial charge >= 0.3 is 12.6 Å². The Labute approximate surface area is 155 Å². The Balaban J connectivity index is 2.76. The molecule has 148 valence electrons. The van der Waals surface area contributed by atoms with Gasteiger partial charge in [0.15, 0.2) is 0 Å². The van der Waals surface area contributed by atoms with Gasteiger partial charge in [-0.3, -0.25) is 4.90 Å². The van der Waals surface area contributed by atoms with E-state index in [1.54, 1.807) is 19.1 Å². The van der Waals surface area contributed by atoms with Crippen molar-refractivity contribution in [1.29, 1.82) is 0 Å². The third kappa shape index (κ3) is 7.15. The van der Waals surface area contributed by atoms with E-state index in [4.69, 9.17) is 0 Å². The maximum atomic E-state index is 12.6. The molecule has 0 aliphatic carbocycles. The van der Waals surface area contributed by atoms with Gasteiger partial charge in [-0.05, 0) is 44.0 Å². The van der Waals surface area contributed by atoms with Crippen molar-refractivity contribution < 1.29 is 18.3 Å². The van der Waals surface area contributed by atoms with Crippen LogP contribution in [0.3, 0.4) is 0 Å². The summed E-state index contributed by atoms with van der Waals surface area (Å²) in [5.41, 5.74) is 0.911. The number of ether oxygens (including phenoxy) is 1. The normalized spacial score (nSPS) is 12.5. The minimum Gasteiger partial charge on any atom is -0.433 e. The second-order valence-electron chi connectivity index (χ2n) is 6.67. The lowest BCUT2D eigenvalue weighted by Gasteiger charge is -2.31. The number of nitrogens with zero attached hydrogens (tertiary/aromatic N) is 1. The van der Waals surface area contributed by atoms with Crippen molar-refractivity contribution >= 4 is 11.7 Å². The number of carbonyl (C=O) groups excluding carboxylic acids is 1. The van der Waals surface area contributed by atoms with Crippen LogP contribution in [0.25, 0.3) is 0 Å². The van der Waals surface area contributed by atoms with Crippen LogP contribution in [0, 0.1) is 12.8 Å². The van der Waals surface area contributed by atoms with Gasteiger partial charge in [0, 0.05) is 12.6 Å². The number of para-hydroxylation sites is 1. The number of benzene rings is 1. The topological polar surface area (TPSA) is 53.6 Å². The Hall–Kier alpha value is -1.89. The lowest BCUT2D eigenvalue weighted by molar-refractivity contribution is -0.0493. The fraction of sp³-hybridized carbons (Fsp3) is 0.632. The van der Waals surface area contributed by atoms with Crippen molar-refractivity contribution in [2.75, 3.05) is 25.0 Å². The van der Waals surface area contributed by atoms with Gasteiger partial charge in [0.25, 0.3) is 0 Å². The van der Waals surface area contributed by atoms with Crippen molar-refractivity contribution in [3.63, 3.8) is 0 Å².